The number of nitrogens with two attached hydrogens (primary N) is 2. The number of benzene rings is 1. The van der Waals surface area contributed by atoms with E-state index in [0.29, 0.717) is 42.8 Å². The molecule has 0 spiro atoms. The summed E-state index contributed by atoms with van der Waals surface area (Å²) in [5.74, 6) is 2.83. The number of thiazole rings is 1. The van der Waals surface area contributed by atoms with Gasteiger partial charge in [0.15, 0.2) is 5.96 Å². The number of nitrogens with zero attached hydrogens (tertiary/aromatic N) is 3. The number of aliphatic imine (C=N–C) groups is 1. The second kappa shape index (κ2) is 12.8. The molecule has 1 aromatic carbocycles. The number of methoxy groups -OCH3 is 1. The summed E-state index contributed by atoms with van der Waals surface area (Å²) in [6, 6.07) is 7.68. The van der Waals surface area contributed by atoms with Crippen molar-refractivity contribution in [2.24, 2.45) is 16.5 Å². The second-order valence-electron chi connectivity index (χ2n) is 6.87. The summed E-state index contributed by atoms with van der Waals surface area (Å²) in [6.45, 7) is 1.56. The third kappa shape index (κ3) is 8.40. The molecule has 0 saturated carbocycles. The zero-order chi connectivity index (χ0) is 23.5. The average Bonchev–Trinajstić information content (AvgIpc) is 3.24. The lowest BCUT2D eigenvalue weighted by Gasteiger charge is -2.07. The fourth-order valence-electron chi connectivity index (χ4n) is 2.73. The van der Waals surface area contributed by atoms with Crippen molar-refractivity contribution in [3.05, 3.63) is 63.0 Å². The van der Waals surface area contributed by atoms with Gasteiger partial charge in [-0.25, -0.2) is 9.97 Å². The van der Waals surface area contributed by atoms with E-state index in [1.165, 1.54) is 11.3 Å². The van der Waals surface area contributed by atoms with E-state index < -0.39 is 0 Å². The number of hydrogen-bond acceptors (Lipinski definition) is 9. The fourth-order valence-corrected chi connectivity index (χ4v) is 4.28. The molecule has 6 N–H and O–H groups in total. The second-order valence-corrected chi connectivity index (χ2v) is 8.82. The minimum absolute atomic E-state index is 0.00125. The molecule has 0 bridgehead atoms. The molecule has 0 aliphatic rings. The van der Waals surface area contributed by atoms with Crippen LogP contribution in [0.1, 0.15) is 16.8 Å². The van der Waals surface area contributed by atoms with Crippen molar-refractivity contribution in [3.8, 4) is 5.75 Å². The largest absolute Gasteiger partial charge is 0.497 e. The van der Waals surface area contributed by atoms with Crippen LogP contribution < -0.4 is 27.1 Å². The Morgan fingerprint density at radius 2 is 2.12 bits per heavy atom. The van der Waals surface area contributed by atoms with Gasteiger partial charge in [0.25, 0.3) is 5.56 Å². The summed E-state index contributed by atoms with van der Waals surface area (Å²) in [5, 5.41) is 5.61. The quantitative estimate of drug-likeness (QED) is 0.161. The first-order chi connectivity index (χ1) is 16.0. The van der Waals surface area contributed by atoms with Crippen LogP contribution >= 0.6 is 23.1 Å². The van der Waals surface area contributed by atoms with Gasteiger partial charge in [0.2, 0.25) is 11.1 Å². The summed E-state index contributed by atoms with van der Waals surface area (Å²) in [4.78, 5) is 27.6. The Bertz CT molecular complexity index is 1100. The molecule has 0 saturated heterocycles. The molecule has 0 aliphatic carbocycles. The molecule has 0 unspecified atom stereocenters. The van der Waals surface area contributed by atoms with E-state index in [2.05, 4.69) is 25.3 Å². The van der Waals surface area contributed by atoms with Crippen LogP contribution in [-0.2, 0) is 23.5 Å². The maximum Gasteiger partial charge on any atom is 0.255 e. The predicted octanol–water partition coefficient (Wildman–Crippen LogP) is 2.24. The number of ether oxygens (including phenoxy) is 2. The molecule has 3 aromatic rings. The molecule has 2 aromatic heterocycles. The number of rotatable bonds is 13. The number of aromatic amines is 1. The maximum atomic E-state index is 12.3. The molecular weight excluding hydrogens is 462 g/mol. The Balaban J connectivity index is 1.33. The third-order valence-corrected chi connectivity index (χ3v) is 6.15. The molecular formula is C21H27N7O3S2. The van der Waals surface area contributed by atoms with Crippen molar-refractivity contribution in [2.75, 3.05) is 31.3 Å². The highest BCUT2D eigenvalue weighted by molar-refractivity contribution is 7.98. The van der Waals surface area contributed by atoms with Crippen LogP contribution in [0.4, 0.5) is 11.1 Å². The van der Waals surface area contributed by atoms with Crippen LogP contribution in [0.2, 0.25) is 0 Å². The van der Waals surface area contributed by atoms with E-state index >= 15 is 0 Å². The molecule has 33 heavy (non-hydrogen) atoms. The van der Waals surface area contributed by atoms with Crippen LogP contribution in [0.25, 0.3) is 0 Å². The molecule has 12 heteroatoms. The SMILES string of the molecule is COc1ccc(COCCc2cnc(NCCSCc3csc(N=C(N)N)n3)[nH]c2=O)cc1. The van der Waals surface area contributed by atoms with Crippen LogP contribution in [0.5, 0.6) is 5.75 Å². The van der Waals surface area contributed by atoms with Crippen LogP contribution in [0, 0.1) is 0 Å². The van der Waals surface area contributed by atoms with Gasteiger partial charge in [-0.2, -0.15) is 16.8 Å². The lowest BCUT2D eigenvalue weighted by atomic mass is 10.2. The maximum absolute atomic E-state index is 12.3. The molecule has 0 fully saturated rings. The highest BCUT2D eigenvalue weighted by atomic mass is 32.2. The van der Waals surface area contributed by atoms with Gasteiger partial charge < -0.3 is 26.3 Å². The summed E-state index contributed by atoms with van der Waals surface area (Å²) in [7, 11) is 1.63. The summed E-state index contributed by atoms with van der Waals surface area (Å²) in [5.41, 5.74) is 13.1. The summed E-state index contributed by atoms with van der Waals surface area (Å²) < 4.78 is 10.8. The Kier molecular flexibility index (Phi) is 9.54. The van der Waals surface area contributed by atoms with Crippen LogP contribution in [0.15, 0.2) is 45.6 Å². The van der Waals surface area contributed by atoms with Gasteiger partial charge in [0, 0.05) is 41.6 Å². The van der Waals surface area contributed by atoms with Crippen molar-refractivity contribution in [1.82, 2.24) is 15.0 Å². The lowest BCUT2D eigenvalue weighted by molar-refractivity contribution is 0.123. The predicted molar refractivity (Wildman–Crippen MR) is 133 cm³/mol. The summed E-state index contributed by atoms with van der Waals surface area (Å²) >= 11 is 3.10. The zero-order valence-corrected chi connectivity index (χ0v) is 19.9. The Hall–Kier alpha value is -3.09. The summed E-state index contributed by atoms with van der Waals surface area (Å²) in [6.07, 6.45) is 2.08. The highest BCUT2D eigenvalue weighted by Crippen LogP contribution is 2.21. The lowest BCUT2D eigenvalue weighted by Crippen LogP contribution is -2.21. The van der Waals surface area contributed by atoms with Gasteiger partial charge in [-0.05, 0) is 17.7 Å². The van der Waals surface area contributed by atoms with E-state index in [-0.39, 0.29) is 11.5 Å². The van der Waals surface area contributed by atoms with Crippen LogP contribution in [0.3, 0.4) is 0 Å². The molecule has 176 valence electrons. The van der Waals surface area contributed by atoms with Gasteiger partial charge in [0.05, 0.1) is 26.0 Å². The van der Waals surface area contributed by atoms with E-state index in [0.717, 1.165) is 28.5 Å². The molecule has 0 radical (unpaired) electrons. The number of hydrogen-bond donors (Lipinski definition) is 4. The van der Waals surface area contributed by atoms with Crippen LogP contribution in [-0.4, -0.2) is 46.9 Å². The van der Waals surface area contributed by atoms with Gasteiger partial charge in [-0.3, -0.25) is 9.78 Å². The highest BCUT2D eigenvalue weighted by Gasteiger charge is 2.05. The van der Waals surface area contributed by atoms with E-state index in [1.807, 2.05) is 29.6 Å². The topological polar surface area (TPSA) is 154 Å². The first-order valence-electron chi connectivity index (χ1n) is 10.2. The Morgan fingerprint density at radius 1 is 1.30 bits per heavy atom. The van der Waals surface area contributed by atoms with Gasteiger partial charge >= 0.3 is 0 Å². The molecule has 0 amide bonds. The van der Waals surface area contributed by atoms with Crippen molar-refractivity contribution in [1.29, 1.82) is 0 Å². The first kappa shape index (κ1) is 24.6. The minimum atomic E-state index is -0.164. The number of nitrogens with one attached hydrogen (secondary N) is 2. The van der Waals surface area contributed by atoms with Crippen molar-refractivity contribution >= 4 is 40.1 Å². The van der Waals surface area contributed by atoms with E-state index in [1.54, 1.807) is 25.1 Å². The Labute approximate surface area is 199 Å². The van der Waals surface area contributed by atoms with Crippen molar-refractivity contribution < 1.29 is 9.47 Å². The number of aromatic nitrogens is 3. The molecule has 0 aliphatic heterocycles. The third-order valence-electron chi connectivity index (χ3n) is 4.37. The number of H-pyrrole nitrogens is 1. The first-order valence-corrected chi connectivity index (χ1v) is 12.2. The van der Waals surface area contributed by atoms with Crippen molar-refractivity contribution in [3.63, 3.8) is 0 Å². The monoisotopic (exact) mass is 489 g/mol. The van der Waals surface area contributed by atoms with E-state index in [4.69, 9.17) is 20.9 Å². The van der Waals surface area contributed by atoms with Crippen molar-refractivity contribution in [2.45, 2.75) is 18.8 Å². The smallest absolute Gasteiger partial charge is 0.255 e. The standard InChI is InChI=1S/C21H27N7O3S2/c1-30-17-4-2-14(3-5-17)11-31-8-6-15-10-25-20(27-18(15)29)24-7-9-32-12-16-13-33-21(26-16)28-19(22)23/h2-5,10,13H,6-9,11-12H2,1H3,(H4,22,23,26,28)(H2,24,25,27,29). The fraction of sp³-hybridized carbons (Fsp3) is 0.333. The number of thioether (sulfide) groups is 1. The number of anilines is 1. The van der Waals surface area contributed by atoms with Gasteiger partial charge in [0.1, 0.15) is 5.75 Å². The molecule has 0 atom stereocenters. The molecule has 3 rings (SSSR count). The number of guanidine groups is 1. The minimum Gasteiger partial charge on any atom is -0.497 e. The average molecular weight is 490 g/mol. The zero-order valence-electron chi connectivity index (χ0n) is 18.2. The molecule has 2 heterocycles. The van der Waals surface area contributed by atoms with Gasteiger partial charge in [-0.1, -0.05) is 12.1 Å². The van der Waals surface area contributed by atoms with E-state index in [9.17, 15) is 4.79 Å². The normalized spacial score (nSPS) is 10.7. The molecule has 10 nitrogen and oxygen atoms in total. The van der Waals surface area contributed by atoms with Gasteiger partial charge in [-0.15, -0.1) is 11.3 Å². The Morgan fingerprint density at radius 3 is 2.85 bits per heavy atom.